The molecule has 0 atom stereocenters. The van der Waals surface area contributed by atoms with Gasteiger partial charge in [-0.1, -0.05) is 64.5 Å². The van der Waals surface area contributed by atoms with E-state index in [9.17, 15) is 18.0 Å². The highest BCUT2D eigenvalue weighted by molar-refractivity contribution is 9.10. The average molecular weight is 477 g/mol. The molecule has 0 heterocycles. The molecule has 3 aromatic carbocycles. The van der Waals surface area contributed by atoms with Gasteiger partial charge in [0.05, 0.1) is 12.7 Å². The molecule has 0 radical (unpaired) electrons. The molecule has 0 N–H and O–H groups in total. The van der Waals surface area contributed by atoms with Gasteiger partial charge in [-0.2, -0.15) is 0 Å². The summed E-state index contributed by atoms with van der Waals surface area (Å²) in [5, 5.41) is 0. The molecular weight excluding hydrogens is 461 g/mol. The lowest BCUT2D eigenvalue weighted by Crippen LogP contribution is -2.18. The second kappa shape index (κ2) is 9.17. The number of alkyl halides is 3. The molecule has 7 heteroatoms. The van der Waals surface area contributed by atoms with Gasteiger partial charge in [0.15, 0.2) is 0 Å². The average Bonchev–Trinajstić information content (AvgIpc) is 2.73. The Kier molecular flexibility index (Phi) is 6.62. The number of ether oxygens (including phenoxy) is 2. The van der Waals surface area contributed by atoms with Crippen molar-refractivity contribution in [2.75, 3.05) is 7.11 Å². The van der Waals surface area contributed by atoms with E-state index >= 15 is 0 Å². The quantitative estimate of drug-likeness (QED) is 0.294. The van der Waals surface area contributed by atoms with Gasteiger partial charge in [-0.3, -0.25) is 0 Å². The van der Waals surface area contributed by atoms with E-state index in [0.717, 1.165) is 0 Å². The van der Waals surface area contributed by atoms with E-state index in [4.69, 9.17) is 0 Å². The van der Waals surface area contributed by atoms with Crippen LogP contribution in [0.1, 0.15) is 21.5 Å². The number of hydrogen-bond acceptors (Lipinski definition) is 3. The van der Waals surface area contributed by atoms with Gasteiger partial charge in [0.1, 0.15) is 5.75 Å². The maximum atomic E-state index is 13.2. The van der Waals surface area contributed by atoms with Gasteiger partial charge in [-0.05, 0) is 41.5 Å². The normalized spacial score (nSPS) is 11.5. The van der Waals surface area contributed by atoms with Crippen molar-refractivity contribution in [3.63, 3.8) is 0 Å². The fraction of sp³-hybridized carbons (Fsp3) is 0.0870. The lowest BCUT2D eigenvalue weighted by atomic mass is 10.0. The molecule has 0 spiro atoms. The summed E-state index contributed by atoms with van der Waals surface area (Å²) in [6.45, 7) is 0. The highest BCUT2D eigenvalue weighted by Gasteiger charge is 2.33. The zero-order valence-electron chi connectivity index (χ0n) is 15.7. The van der Waals surface area contributed by atoms with Gasteiger partial charge in [-0.25, -0.2) is 4.79 Å². The van der Waals surface area contributed by atoms with Crippen molar-refractivity contribution in [3.05, 3.63) is 87.9 Å². The summed E-state index contributed by atoms with van der Waals surface area (Å²) in [6, 6.07) is 18.4. The van der Waals surface area contributed by atoms with Gasteiger partial charge in [0, 0.05) is 15.6 Å². The minimum absolute atomic E-state index is 0.241. The molecule has 0 unspecified atom stereocenters. The van der Waals surface area contributed by atoms with Crippen molar-refractivity contribution < 1.29 is 27.4 Å². The second-order valence-corrected chi connectivity index (χ2v) is 7.05. The minimum Gasteiger partial charge on any atom is -0.465 e. The van der Waals surface area contributed by atoms with E-state index < -0.39 is 12.3 Å². The molecule has 0 aromatic heterocycles. The summed E-state index contributed by atoms with van der Waals surface area (Å²) in [6.07, 6.45) is -1.68. The Bertz CT molecular complexity index is 1060. The Labute approximate surface area is 179 Å². The Morgan fingerprint density at radius 2 is 1.60 bits per heavy atom. The number of carbonyl (C=O) groups is 1. The summed E-state index contributed by atoms with van der Waals surface area (Å²) in [4.78, 5) is 11.5. The number of hydrogen-bond donors (Lipinski definition) is 0. The summed E-state index contributed by atoms with van der Waals surface area (Å²) >= 11 is 3.32. The fourth-order valence-corrected chi connectivity index (χ4v) is 3.27. The van der Waals surface area contributed by atoms with Gasteiger partial charge in [-0.15, -0.1) is 13.2 Å². The fourth-order valence-electron chi connectivity index (χ4n) is 2.83. The Hall–Kier alpha value is -3.06. The van der Waals surface area contributed by atoms with Crippen molar-refractivity contribution in [3.8, 4) is 16.9 Å². The largest absolute Gasteiger partial charge is 0.573 e. The zero-order chi connectivity index (χ0) is 21.7. The van der Waals surface area contributed by atoms with E-state index in [1.165, 1.54) is 13.2 Å². The third-order valence-electron chi connectivity index (χ3n) is 4.22. The number of rotatable bonds is 5. The van der Waals surface area contributed by atoms with Crippen molar-refractivity contribution in [1.82, 2.24) is 0 Å². The SMILES string of the molecule is COC(=O)c1ccc(/C=C/c2c(Br)ccc(-c3ccccc3)c2OC(F)(F)F)cc1. The highest BCUT2D eigenvalue weighted by atomic mass is 79.9. The molecule has 154 valence electrons. The summed E-state index contributed by atoms with van der Waals surface area (Å²) in [7, 11) is 1.29. The number of esters is 1. The van der Waals surface area contributed by atoms with Crippen LogP contribution in [0, 0.1) is 0 Å². The van der Waals surface area contributed by atoms with Crippen LogP contribution in [0.5, 0.6) is 5.75 Å². The number of benzene rings is 3. The van der Waals surface area contributed by atoms with E-state index in [-0.39, 0.29) is 11.3 Å². The molecule has 0 fully saturated rings. The first-order valence-corrected chi connectivity index (χ1v) is 9.58. The molecular formula is C23H16BrF3O3. The second-order valence-electron chi connectivity index (χ2n) is 6.20. The number of carbonyl (C=O) groups excluding carboxylic acids is 1. The topological polar surface area (TPSA) is 35.5 Å². The Morgan fingerprint density at radius 1 is 0.933 bits per heavy atom. The van der Waals surface area contributed by atoms with Crippen LogP contribution >= 0.6 is 15.9 Å². The maximum Gasteiger partial charge on any atom is 0.573 e. The zero-order valence-corrected chi connectivity index (χ0v) is 17.3. The smallest absolute Gasteiger partial charge is 0.465 e. The summed E-state index contributed by atoms with van der Waals surface area (Å²) < 4.78 is 49.0. The van der Waals surface area contributed by atoms with E-state index in [1.54, 1.807) is 72.8 Å². The lowest BCUT2D eigenvalue weighted by molar-refractivity contribution is -0.274. The third-order valence-corrected chi connectivity index (χ3v) is 4.91. The standard InChI is InChI=1S/C23H16BrF3O3/c1-29-22(28)17-10-7-15(8-11-17)9-12-19-20(24)14-13-18(16-5-3-2-4-6-16)21(19)30-23(25,26)27/h2-14H,1H3/b12-9+. The van der Waals surface area contributed by atoms with Crippen molar-refractivity contribution >= 4 is 34.1 Å². The van der Waals surface area contributed by atoms with Gasteiger partial charge in [0.25, 0.3) is 0 Å². The van der Waals surface area contributed by atoms with Crippen LogP contribution in [0.3, 0.4) is 0 Å². The van der Waals surface area contributed by atoms with Gasteiger partial charge >= 0.3 is 12.3 Å². The third kappa shape index (κ3) is 5.30. The summed E-state index contributed by atoms with van der Waals surface area (Å²) in [5.41, 5.74) is 2.23. The number of methoxy groups -OCH3 is 1. The molecule has 30 heavy (non-hydrogen) atoms. The molecule has 0 aliphatic rings. The predicted molar refractivity (Wildman–Crippen MR) is 113 cm³/mol. The molecule has 0 bridgehead atoms. The van der Waals surface area contributed by atoms with Crippen molar-refractivity contribution in [1.29, 1.82) is 0 Å². The van der Waals surface area contributed by atoms with Crippen LogP contribution in [0.25, 0.3) is 23.3 Å². The Morgan fingerprint density at radius 3 is 2.20 bits per heavy atom. The van der Waals surface area contributed by atoms with E-state index in [0.29, 0.717) is 26.7 Å². The van der Waals surface area contributed by atoms with Crippen LogP contribution in [-0.4, -0.2) is 19.4 Å². The number of halogens is 4. The molecule has 0 aliphatic carbocycles. The molecule has 3 aromatic rings. The highest BCUT2D eigenvalue weighted by Crippen LogP contribution is 2.41. The Balaban J connectivity index is 2.04. The van der Waals surface area contributed by atoms with Gasteiger partial charge in [0.2, 0.25) is 0 Å². The first kappa shape index (κ1) is 21.6. The maximum absolute atomic E-state index is 13.2. The van der Waals surface area contributed by atoms with E-state index in [1.807, 2.05) is 0 Å². The van der Waals surface area contributed by atoms with Crippen LogP contribution < -0.4 is 4.74 Å². The molecule has 0 saturated carbocycles. The van der Waals surface area contributed by atoms with Gasteiger partial charge < -0.3 is 9.47 Å². The molecule has 0 aliphatic heterocycles. The first-order chi connectivity index (χ1) is 14.3. The van der Waals surface area contributed by atoms with Crippen molar-refractivity contribution in [2.24, 2.45) is 0 Å². The van der Waals surface area contributed by atoms with Crippen LogP contribution in [0.4, 0.5) is 13.2 Å². The lowest BCUT2D eigenvalue weighted by Gasteiger charge is -2.17. The first-order valence-electron chi connectivity index (χ1n) is 8.78. The monoisotopic (exact) mass is 476 g/mol. The van der Waals surface area contributed by atoms with Crippen LogP contribution in [0.15, 0.2) is 71.2 Å². The van der Waals surface area contributed by atoms with Crippen LogP contribution in [-0.2, 0) is 4.74 Å². The minimum atomic E-state index is -4.85. The summed E-state index contributed by atoms with van der Waals surface area (Å²) in [5.74, 6) is -0.768. The predicted octanol–water partition coefficient (Wildman–Crippen LogP) is 6.97. The molecule has 0 amide bonds. The van der Waals surface area contributed by atoms with Crippen LogP contribution in [0.2, 0.25) is 0 Å². The van der Waals surface area contributed by atoms with Crippen molar-refractivity contribution in [2.45, 2.75) is 6.36 Å². The molecule has 0 saturated heterocycles. The van der Waals surface area contributed by atoms with E-state index in [2.05, 4.69) is 25.4 Å². The molecule has 3 rings (SSSR count). The molecule has 3 nitrogen and oxygen atoms in total.